The molecule has 1 N–H and O–H groups in total. The van der Waals surface area contributed by atoms with Crippen molar-refractivity contribution in [3.05, 3.63) is 35.2 Å². The van der Waals surface area contributed by atoms with Crippen molar-refractivity contribution >= 4 is 9.84 Å². The summed E-state index contributed by atoms with van der Waals surface area (Å²) in [4.78, 5) is 4.20. The lowest BCUT2D eigenvalue weighted by atomic mass is 10.1. The van der Waals surface area contributed by atoms with Crippen LogP contribution in [-0.4, -0.2) is 24.8 Å². The second-order valence-corrected chi connectivity index (χ2v) is 7.38. The Kier molecular flexibility index (Phi) is 3.10. The number of rotatable bonds is 3. The zero-order valence-electron chi connectivity index (χ0n) is 11.3. The van der Waals surface area contributed by atoms with Gasteiger partial charge in [0.15, 0.2) is 15.7 Å². The maximum Gasteiger partial charge on any atom is 0.257 e. The van der Waals surface area contributed by atoms with Gasteiger partial charge in [-0.3, -0.25) is 0 Å². The molecule has 1 aromatic carbocycles. The zero-order chi connectivity index (χ0) is 14.3. The largest absolute Gasteiger partial charge is 0.334 e. The summed E-state index contributed by atoms with van der Waals surface area (Å²) in [7, 11) is -3.23. The third kappa shape index (κ3) is 2.34. The summed E-state index contributed by atoms with van der Waals surface area (Å²) in [6, 6.07) is 5.93. The third-order valence-corrected chi connectivity index (χ3v) is 5.03. The van der Waals surface area contributed by atoms with Crippen molar-refractivity contribution in [2.24, 2.45) is 0 Å². The Balaban J connectivity index is 1.94. The van der Waals surface area contributed by atoms with Crippen LogP contribution in [0.5, 0.6) is 0 Å². The van der Waals surface area contributed by atoms with Crippen molar-refractivity contribution in [1.82, 2.24) is 15.5 Å². The van der Waals surface area contributed by atoms with E-state index in [-0.39, 0.29) is 5.82 Å². The Labute approximate surface area is 117 Å². The smallest absolute Gasteiger partial charge is 0.257 e. The van der Waals surface area contributed by atoms with Crippen molar-refractivity contribution in [3.63, 3.8) is 0 Å². The van der Waals surface area contributed by atoms with E-state index in [4.69, 9.17) is 4.52 Å². The van der Waals surface area contributed by atoms with Crippen LogP contribution in [0.3, 0.4) is 0 Å². The molecular formula is C13H15N3O3S. The normalized spacial score (nSPS) is 16.1. The van der Waals surface area contributed by atoms with Gasteiger partial charge in [0.25, 0.3) is 5.89 Å². The van der Waals surface area contributed by atoms with Crippen LogP contribution in [0, 0.1) is 0 Å². The number of hydrogen-bond donors (Lipinski definition) is 1. The first kappa shape index (κ1) is 13.3. The Hall–Kier alpha value is -1.73. The first-order chi connectivity index (χ1) is 9.45. The molecule has 0 spiro atoms. The highest BCUT2D eigenvalue weighted by Gasteiger charge is 2.23. The van der Waals surface area contributed by atoms with Crippen molar-refractivity contribution in [1.29, 1.82) is 0 Å². The predicted octanol–water partition coefficient (Wildman–Crippen LogP) is 1.45. The second kappa shape index (κ2) is 4.68. The maximum absolute atomic E-state index is 11.5. The molecule has 2 aromatic rings. The lowest BCUT2D eigenvalue weighted by molar-refractivity contribution is 0.421. The minimum Gasteiger partial charge on any atom is -0.334 e. The summed E-state index contributed by atoms with van der Waals surface area (Å²) >= 11 is 0. The number of aromatic nitrogens is 2. The van der Waals surface area contributed by atoms with Gasteiger partial charge in [0.2, 0.25) is 0 Å². The van der Waals surface area contributed by atoms with Crippen LogP contribution in [0.15, 0.2) is 22.7 Å². The van der Waals surface area contributed by atoms with E-state index in [1.807, 2.05) is 18.2 Å². The Morgan fingerprint density at radius 2 is 2.05 bits per heavy atom. The first-order valence-electron chi connectivity index (χ1n) is 6.30. The summed E-state index contributed by atoms with van der Waals surface area (Å²) in [5.74, 6) is 0.548. The summed E-state index contributed by atoms with van der Waals surface area (Å²) in [5, 5.41) is 6.27. The molecule has 0 radical (unpaired) electrons. The van der Waals surface area contributed by atoms with Gasteiger partial charge in [0, 0.05) is 24.9 Å². The molecule has 1 aromatic heterocycles. The molecule has 6 nitrogen and oxygen atoms in total. The van der Waals surface area contributed by atoms with Gasteiger partial charge in [0.05, 0.1) is 0 Å². The van der Waals surface area contributed by atoms with Gasteiger partial charge in [-0.2, -0.15) is 4.98 Å². The van der Waals surface area contributed by atoms with E-state index in [0.717, 1.165) is 24.9 Å². The minimum atomic E-state index is -3.23. The molecule has 1 unspecified atom stereocenters. The van der Waals surface area contributed by atoms with Crippen LogP contribution < -0.4 is 5.32 Å². The van der Waals surface area contributed by atoms with Crippen LogP contribution in [-0.2, 0) is 22.9 Å². The van der Waals surface area contributed by atoms with E-state index >= 15 is 0 Å². The average Bonchev–Trinajstić information content (AvgIpc) is 3.04. The van der Waals surface area contributed by atoms with E-state index in [1.54, 1.807) is 6.92 Å². The van der Waals surface area contributed by atoms with E-state index < -0.39 is 15.1 Å². The summed E-state index contributed by atoms with van der Waals surface area (Å²) < 4.78 is 28.2. The van der Waals surface area contributed by atoms with Crippen LogP contribution in [0.25, 0.3) is 11.5 Å². The van der Waals surface area contributed by atoms with Gasteiger partial charge in [0.1, 0.15) is 5.25 Å². The van der Waals surface area contributed by atoms with Crippen LogP contribution in [0.1, 0.15) is 29.1 Å². The maximum atomic E-state index is 11.5. The molecule has 0 aliphatic carbocycles. The van der Waals surface area contributed by atoms with Gasteiger partial charge >= 0.3 is 0 Å². The molecule has 0 saturated carbocycles. The van der Waals surface area contributed by atoms with Crippen molar-refractivity contribution in [2.75, 3.05) is 6.26 Å². The number of hydrogen-bond acceptors (Lipinski definition) is 6. The van der Waals surface area contributed by atoms with Gasteiger partial charge in [-0.1, -0.05) is 11.2 Å². The fraction of sp³-hybridized carbons (Fsp3) is 0.385. The first-order valence-corrected chi connectivity index (χ1v) is 8.26. The fourth-order valence-corrected chi connectivity index (χ4v) is 2.62. The van der Waals surface area contributed by atoms with E-state index in [2.05, 4.69) is 15.5 Å². The van der Waals surface area contributed by atoms with Crippen LogP contribution in [0.4, 0.5) is 0 Å². The Bertz CT molecular complexity index is 752. The summed E-state index contributed by atoms with van der Waals surface area (Å²) in [5.41, 5.74) is 3.28. The lowest BCUT2D eigenvalue weighted by Gasteiger charge is -2.02. The number of sulfone groups is 1. The second-order valence-electron chi connectivity index (χ2n) is 5.02. The van der Waals surface area contributed by atoms with E-state index in [1.165, 1.54) is 11.1 Å². The van der Waals surface area contributed by atoms with Gasteiger partial charge in [-0.05, 0) is 30.2 Å². The topological polar surface area (TPSA) is 85.1 Å². The molecule has 1 aliphatic heterocycles. The van der Waals surface area contributed by atoms with Crippen LogP contribution in [0.2, 0.25) is 0 Å². The quantitative estimate of drug-likeness (QED) is 0.922. The average molecular weight is 293 g/mol. The molecule has 2 heterocycles. The standard InChI is InChI=1S/C13H15N3O3S/c1-8(20(2,17)18)12-15-13(19-16-12)9-3-4-10-6-14-7-11(10)5-9/h3-5,8,14H,6-7H2,1-2H3. The molecule has 1 aliphatic rings. The Morgan fingerprint density at radius 1 is 1.30 bits per heavy atom. The molecular weight excluding hydrogens is 278 g/mol. The molecule has 0 saturated heterocycles. The number of fused-ring (bicyclic) bond motifs is 1. The van der Waals surface area contributed by atoms with Crippen molar-refractivity contribution in [3.8, 4) is 11.5 Å². The molecule has 20 heavy (non-hydrogen) atoms. The molecule has 0 fully saturated rings. The highest BCUT2D eigenvalue weighted by atomic mass is 32.2. The molecule has 106 valence electrons. The number of nitrogens with one attached hydrogen (secondary N) is 1. The zero-order valence-corrected chi connectivity index (χ0v) is 12.1. The van der Waals surface area contributed by atoms with E-state index in [9.17, 15) is 8.42 Å². The Morgan fingerprint density at radius 3 is 2.80 bits per heavy atom. The van der Waals surface area contributed by atoms with Gasteiger partial charge in [-0.25, -0.2) is 8.42 Å². The highest BCUT2D eigenvalue weighted by Crippen LogP contribution is 2.26. The monoisotopic (exact) mass is 293 g/mol. The number of benzene rings is 1. The van der Waals surface area contributed by atoms with Crippen molar-refractivity contribution in [2.45, 2.75) is 25.3 Å². The fourth-order valence-electron chi connectivity index (χ4n) is 2.14. The molecule has 0 amide bonds. The third-order valence-electron chi connectivity index (χ3n) is 3.53. The van der Waals surface area contributed by atoms with Gasteiger partial charge in [-0.15, -0.1) is 0 Å². The predicted molar refractivity (Wildman–Crippen MR) is 73.5 cm³/mol. The molecule has 1 atom stereocenters. The van der Waals surface area contributed by atoms with Crippen molar-refractivity contribution < 1.29 is 12.9 Å². The summed E-state index contributed by atoms with van der Waals surface area (Å²) in [6.07, 6.45) is 1.16. The highest BCUT2D eigenvalue weighted by molar-refractivity contribution is 7.90. The van der Waals surface area contributed by atoms with Crippen LogP contribution >= 0.6 is 0 Å². The minimum absolute atomic E-state index is 0.195. The molecule has 7 heteroatoms. The number of nitrogens with zero attached hydrogens (tertiary/aromatic N) is 2. The molecule has 0 bridgehead atoms. The van der Waals surface area contributed by atoms with Gasteiger partial charge < -0.3 is 9.84 Å². The van der Waals surface area contributed by atoms with E-state index in [0.29, 0.717) is 5.89 Å². The molecule has 3 rings (SSSR count). The lowest BCUT2D eigenvalue weighted by Crippen LogP contribution is -2.09. The SMILES string of the molecule is CC(c1noc(-c2ccc3c(c2)CNC3)n1)S(C)(=O)=O. The summed E-state index contributed by atoms with van der Waals surface area (Å²) in [6.45, 7) is 3.25.